The van der Waals surface area contributed by atoms with Crippen LogP contribution in [0.5, 0.6) is 0 Å². The summed E-state index contributed by atoms with van der Waals surface area (Å²) in [5.74, 6) is 0.761. The zero-order valence-corrected chi connectivity index (χ0v) is 15.7. The lowest BCUT2D eigenvalue weighted by molar-refractivity contribution is 0.336. The number of anilines is 1. The van der Waals surface area contributed by atoms with Gasteiger partial charge in [-0.05, 0) is 36.1 Å². The molecule has 1 saturated carbocycles. The lowest BCUT2D eigenvalue weighted by atomic mass is 9.63. The molecule has 7 heteroatoms. The number of nitrogens with one attached hydrogen (secondary N) is 1. The molecule has 2 heterocycles. The molecule has 3 aromatic rings. The summed E-state index contributed by atoms with van der Waals surface area (Å²) in [6, 6.07) is 11.9. The fraction of sp³-hybridized carbons (Fsp3) is 0.238. The van der Waals surface area contributed by atoms with Crippen molar-refractivity contribution in [2.45, 2.75) is 24.7 Å². The SMILES string of the molecule is Cn1cnc(C([OH2+])=NC(=N)C2(c3ccc(-c4ccc(N)nc4)cc3)CCC2)c1. The van der Waals surface area contributed by atoms with Gasteiger partial charge in [-0.1, -0.05) is 30.7 Å². The van der Waals surface area contributed by atoms with E-state index < -0.39 is 5.41 Å². The number of nitrogens with two attached hydrogens (primary N) is 1. The molecule has 0 bridgehead atoms. The number of rotatable bonds is 4. The summed E-state index contributed by atoms with van der Waals surface area (Å²) in [4.78, 5) is 12.6. The number of hydrogen-bond donors (Lipinski definition) is 2. The number of amidine groups is 1. The van der Waals surface area contributed by atoms with Gasteiger partial charge in [-0.3, -0.25) is 5.41 Å². The van der Waals surface area contributed by atoms with Gasteiger partial charge in [0.1, 0.15) is 11.7 Å². The van der Waals surface area contributed by atoms with Crippen molar-refractivity contribution in [3.05, 3.63) is 66.4 Å². The average molecular weight is 375 g/mol. The smallest absolute Gasteiger partial charge is 0.386 e. The van der Waals surface area contributed by atoms with Gasteiger partial charge in [0.15, 0.2) is 5.69 Å². The summed E-state index contributed by atoms with van der Waals surface area (Å²) in [5.41, 5.74) is 8.84. The van der Waals surface area contributed by atoms with Gasteiger partial charge in [-0.2, -0.15) is 0 Å². The number of nitrogens with zero attached hydrogens (tertiary/aromatic N) is 4. The Balaban J connectivity index is 1.60. The van der Waals surface area contributed by atoms with E-state index in [1.54, 1.807) is 29.4 Å². The van der Waals surface area contributed by atoms with Crippen LogP contribution in [-0.4, -0.2) is 31.4 Å². The van der Waals surface area contributed by atoms with Crippen LogP contribution in [0, 0.1) is 5.41 Å². The first kappa shape index (κ1) is 17.9. The van der Waals surface area contributed by atoms with E-state index in [2.05, 4.69) is 27.1 Å². The zero-order chi connectivity index (χ0) is 19.7. The highest BCUT2D eigenvalue weighted by Crippen LogP contribution is 2.45. The largest absolute Gasteiger partial charge is 0.577 e. The van der Waals surface area contributed by atoms with Crippen molar-refractivity contribution in [1.29, 1.82) is 5.41 Å². The Bertz CT molecular complexity index is 1030. The monoisotopic (exact) mass is 375 g/mol. The first-order valence-electron chi connectivity index (χ1n) is 9.18. The van der Waals surface area contributed by atoms with Crippen molar-refractivity contribution in [2.75, 3.05) is 5.73 Å². The normalized spacial score (nSPS) is 15.8. The summed E-state index contributed by atoms with van der Waals surface area (Å²) in [5, 5.41) is 16.8. The van der Waals surface area contributed by atoms with Crippen molar-refractivity contribution in [1.82, 2.24) is 14.5 Å². The van der Waals surface area contributed by atoms with E-state index in [-0.39, 0.29) is 11.7 Å². The Morgan fingerprint density at radius 1 is 1.14 bits per heavy atom. The maximum atomic E-state index is 8.59. The zero-order valence-electron chi connectivity index (χ0n) is 15.7. The molecule has 1 aliphatic carbocycles. The lowest BCUT2D eigenvalue weighted by Gasteiger charge is -2.41. The maximum absolute atomic E-state index is 8.59. The highest BCUT2D eigenvalue weighted by atomic mass is 16.3. The van der Waals surface area contributed by atoms with Gasteiger partial charge in [0.05, 0.1) is 11.7 Å². The fourth-order valence-corrected chi connectivity index (χ4v) is 3.56. The summed E-state index contributed by atoms with van der Waals surface area (Å²) in [6.45, 7) is 0. The van der Waals surface area contributed by atoms with Crippen LogP contribution in [0.1, 0.15) is 30.5 Å². The highest BCUT2D eigenvalue weighted by Gasteiger charge is 2.43. The summed E-state index contributed by atoms with van der Waals surface area (Å²) < 4.78 is 1.77. The minimum absolute atomic E-state index is 0.0291. The molecule has 0 spiro atoms. The number of nitrogen functional groups attached to an aromatic ring is 1. The molecule has 0 atom stereocenters. The van der Waals surface area contributed by atoms with Gasteiger partial charge >= 0.3 is 5.90 Å². The molecule has 4 rings (SSSR count). The second kappa shape index (κ2) is 6.92. The Morgan fingerprint density at radius 2 is 1.86 bits per heavy atom. The van der Waals surface area contributed by atoms with Crippen molar-refractivity contribution in [2.24, 2.45) is 12.0 Å². The van der Waals surface area contributed by atoms with Crippen LogP contribution < -0.4 is 5.73 Å². The first-order chi connectivity index (χ1) is 13.5. The third kappa shape index (κ3) is 3.15. The van der Waals surface area contributed by atoms with Crippen molar-refractivity contribution < 1.29 is 5.11 Å². The molecule has 0 saturated heterocycles. The third-order valence-corrected chi connectivity index (χ3v) is 5.39. The Kier molecular flexibility index (Phi) is 4.43. The van der Waals surface area contributed by atoms with Gasteiger partial charge in [-0.25, -0.2) is 9.97 Å². The third-order valence-electron chi connectivity index (χ3n) is 5.39. The molecule has 7 nitrogen and oxygen atoms in total. The predicted octanol–water partition coefficient (Wildman–Crippen LogP) is 2.63. The fourth-order valence-electron chi connectivity index (χ4n) is 3.56. The number of aryl methyl sites for hydroxylation is 1. The minimum Gasteiger partial charge on any atom is -0.577 e. The number of benzene rings is 1. The van der Waals surface area contributed by atoms with E-state index in [4.69, 9.17) is 16.2 Å². The molecule has 2 aromatic heterocycles. The number of aliphatic imine (C=N–C) groups is 1. The van der Waals surface area contributed by atoms with Gasteiger partial charge in [0, 0.05) is 25.0 Å². The van der Waals surface area contributed by atoms with E-state index in [9.17, 15) is 0 Å². The first-order valence-corrected chi connectivity index (χ1v) is 9.18. The Morgan fingerprint density at radius 3 is 2.39 bits per heavy atom. The molecule has 28 heavy (non-hydrogen) atoms. The molecule has 0 radical (unpaired) electrons. The van der Waals surface area contributed by atoms with E-state index in [0.717, 1.165) is 36.0 Å². The highest BCUT2D eigenvalue weighted by molar-refractivity contribution is 6.04. The average Bonchev–Trinajstić information content (AvgIpc) is 3.09. The van der Waals surface area contributed by atoms with Crippen LogP contribution in [0.25, 0.3) is 11.1 Å². The lowest BCUT2D eigenvalue weighted by Crippen LogP contribution is -2.41. The molecule has 5 N–H and O–H groups in total. The van der Waals surface area contributed by atoms with Gasteiger partial charge < -0.3 is 15.4 Å². The van der Waals surface area contributed by atoms with Crippen molar-refractivity contribution in [3.8, 4) is 11.1 Å². The quantitative estimate of drug-likeness (QED) is 0.415. The number of imidazole rings is 1. The second-order valence-electron chi connectivity index (χ2n) is 7.22. The van der Waals surface area contributed by atoms with E-state index >= 15 is 0 Å². The summed E-state index contributed by atoms with van der Waals surface area (Å²) in [6.07, 6.45) is 7.92. The number of aromatic nitrogens is 3. The maximum Gasteiger partial charge on any atom is 0.386 e. The van der Waals surface area contributed by atoms with Crippen LogP contribution in [0.3, 0.4) is 0 Å². The topological polar surface area (TPSA) is 116 Å². The molecule has 0 unspecified atom stereocenters. The van der Waals surface area contributed by atoms with Gasteiger partial charge in [0.2, 0.25) is 0 Å². The molecule has 1 aliphatic rings. The van der Waals surface area contributed by atoms with Crippen LogP contribution in [0.4, 0.5) is 5.82 Å². The predicted molar refractivity (Wildman–Crippen MR) is 111 cm³/mol. The van der Waals surface area contributed by atoms with Crippen LogP contribution in [-0.2, 0) is 12.5 Å². The van der Waals surface area contributed by atoms with E-state index in [1.807, 2.05) is 25.2 Å². The molecule has 0 amide bonds. The number of pyridine rings is 1. The van der Waals surface area contributed by atoms with Gasteiger partial charge in [-0.15, -0.1) is 4.99 Å². The molecule has 1 fully saturated rings. The summed E-state index contributed by atoms with van der Waals surface area (Å²) in [7, 11) is 1.85. The van der Waals surface area contributed by atoms with Crippen LogP contribution >= 0.6 is 0 Å². The summed E-state index contributed by atoms with van der Waals surface area (Å²) >= 11 is 0. The molecule has 0 aliphatic heterocycles. The van der Waals surface area contributed by atoms with Crippen molar-refractivity contribution in [3.63, 3.8) is 0 Å². The molecular formula is C21H23N6O+. The molecular weight excluding hydrogens is 352 g/mol. The van der Waals surface area contributed by atoms with Crippen LogP contribution in [0.2, 0.25) is 0 Å². The standard InChI is InChI=1S/C21H22N6O/c1-27-12-17(25-13-27)19(28)26-20(23)21(9-2-10-21)16-6-3-14(4-7-16)15-5-8-18(22)24-11-15/h3-8,11-13H,2,9-10H2,1H3,(H2,22,24)(H2,23,26,28)/p+1. The number of hydrogen-bond acceptors (Lipinski definition) is 4. The van der Waals surface area contributed by atoms with E-state index in [1.165, 1.54) is 0 Å². The molecule has 142 valence electrons. The van der Waals surface area contributed by atoms with Crippen LogP contribution in [0.15, 0.2) is 60.1 Å². The Labute approximate surface area is 163 Å². The second-order valence-corrected chi connectivity index (χ2v) is 7.22. The minimum atomic E-state index is -0.418. The Hall–Kier alpha value is -3.48. The van der Waals surface area contributed by atoms with Crippen molar-refractivity contribution >= 4 is 17.6 Å². The molecule has 1 aromatic carbocycles. The van der Waals surface area contributed by atoms with E-state index in [0.29, 0.717) is 11.5 Å². The van der Waals surface area contributed by atoms with Gasteiger partial charge in [0.25, 0.3) is 0 Å².